The van der Waals surface area contributed by atoms with E-state index in [9.17, 15) is 0 Å². The van der Waals surface area contributed by atoms with E-state index in [1.54, 1.807) is 0 Å². The molecule has 32 heavy (non-hydrogen) atoms. The van der Waals surface area contributed by atoms with E-state index in [0.717, 1.165) is 24.2 Å². The average Bonchev–Trinajstić information content (AvgIpc) is 2.68. The molecule has 192 valence electrons. The monoisotopic (exact) mass is 536 g/mol. The van der Waals surface area contributed by atoms with Crippen LogP contribution < -0.4 is 0 Å². The van der Waals surface area contributed by atoms with Gasteiger partial charge in [0.2, 0.25) is 14.9 Å². The molecule has 0 aromatic carbocycles. The quantitative estimate of drug-likeness (QED) is 0.183. The fourth-order valence-corrected chi connectivity index (χ4v) is 49.7. The molecule has 0 aromatic heterocycles. The SMILES string of the molecule is CCC[Si]1(CCC)O[Si](CCC)(CCC)O[Si](CCC)(CCC)S[Si](CCC)(CCC)O1. The first-order valence-electron chi connectivity index (χ1n) is 14.1. The second-order valence-corrected chi connectivity index (χ2v) is 30.9. The van der Waals surface area contributed by atoms with Crippen molar-refractivity contribution in [1.82, 2.24) is 0 Å². The minimum Gasteiger partial charge on any atom is -0.428 e. The van der Waals surface area contributed by atoms with E-state index >= 15 is 0 Å². The van der Waals surface area contributed by atoms with Gasteiger partial charge >= 0.3 is 17.1 Å². The first-order chi connectivity index (χ1) is 15.3. The van der Waals surface area contributed by atoms with Gasteiger partial charge in [-0.1, -0.05) is 107 Å². The van der Waals surface area contributed by atoms with Gasteiger partial charge in [0.25, 0.3) is 0 Å². The van der Waals surface area contributed by atoms with E-state index in [4.69, 9.17) is 12.3 Å². The molecule has 1 aliphatic heterocycles. The van der Waals surface area contributed by atoms with E-state index in [0.29, 0.717) is 0 Å². The van der Waals surface area contributed by atoms with Crippen LogP contribution in [0.25, 0.3) is 0 Å². The minimum atomic E-state index is -2.29. The predicted molar refractivity (Wildman–Crippen MR) is 155 cm³/mol. The summed E-state index contributed by atoms with van der Waals surface area (Å²) in [5.74, 6) is 0. The van der Waals surface area contributed by atoms with Crippen LogP contribution in [0.15, 0.2) is 0 Å². The molecule has 3 nitrogen and oxygen atoms in total. The molecule has 0 aliphatic carbocycles. The van der Waals surface area contributed by atoms with E-state index in [-0.39, 0.29) is 0 Å². The van der Waals surface area contributed by atoms with Gasteiger partial charge in [-0.15, -0.1) is 0 Å². The first-order valence-corrected chi connectivity index (χ1v) is 25.5. The highest BCUT2D eigenvalue weighted by atomic mass is 32.5. The molecule has 1 fully saturated rings. The molecule has 0 bridgehead atoms. The normalized spacial score (nSPS) is 21.8. The van der Waals surface area contributed by atoms with Gasteiger partial charge in [0.1, 0.15) is 0 Å². The average molecular weight is 537 g/mol. The van der Waals surface area contributed by atoms with Crippen molar-refractivity contribution in [2.75, 3.05) is 0 Å². The molecule has 1 rings (SSSR count). The fraction of sp³-hybridized carbons (Fsp3) is 1.00. The number of hydrogen-bond donors (Lipinski definition) is 0. The lowest BCUT2D eigenvalue weighted by Gasteiger charge is -2.54. The summed E-state index contributed by atoms with van der Waals surface area (Å²) in [4.78, 5) is 0. The van der Waals surface area contributed by atoms with Crippen LogP contribution in [0, 0.1) is 0 Å². The standard InChI is InChI=1S/C24H56O3SSi4/c1-9-17-29(18-10-2)25-30(19-11-3,20-12-4)27-32(23-15-7,24-16-8)28-31(26-29,21-13-5)22-14-6/h9-24H2,1-8H3. The van der Waals surface area contributed by atoms with Crippen molar-refractivity contribution in [3.05, 3.63) is 0 Å². The zero-order chi connectivity index (χ0) is 24.1. The van der Waals surface area contributed by atoms with Crippen LogP contribution in [0.3, 0.4) is 0 Å². The maximum absolute atomic E-state index is 7.73. The van der Waals surface area contributed by atoms with Crippen LogP contribution in [0.4, 0.5) is 0 Å². The highest BCUT2D eigenvalue weighted by Gasteiger charge is 2.59. The second kappa shape index (κ2) is 15.3. The molecule has 8 heteroatoms. The van der Waals surface area contributed by atoms with Crippen molar-refractivity contribution in [3.8, 4) is 0 Å². The molecule has 0 saturated carbocycles. The Balaban J connectivity index is 3.73. The largest absolute Gasteiger partial charge is 0.428 e. The van der Waals surface area contributed by atoms with Crippen molar-refractivity contribution in [2.24, 2.45) is 0 Å². The highest BCUT2D eigenvalue weighted by Crippen LogP contribution is 2.51. The topological polar surface area (TPSA) is 27.7 Å². The van der Waals surface area contributed by atoms with Gasteiger partial charge in [-0.3, -0.25) is 0 Å². The zero-order valence-corrected chi connectivity index (χ0v) is 27.8. The molecule has 0 aromatic rings. The molecule has 0 amide bonds. The van der Waals surface area contributed by atoms with Crippen molar-refractivity contribution in [2.45, 2.75) is 155 Å². The molecule has 1 aliphatic rings. The molecule has 0 spiro atoms. The summed E-state index contributed by atoms with van der Waals surface area (Å²) in [5.41, 5.74) is 0. The summed E-state index contributed by atoms with van der Waals surface area (Å²) < 4.78 is 23.1. The Morgan fingerprint density at radius 1 is 0.375 bits per heavy atom. The van der Waals surface area contributed by atoms with Crippen LogP contribution in [0.2, 0.25) is 48.4 Å². The molecule has 0 unspecified atom stereocenters. The summed E-state index contributed by atoms with van der Waals surface area (Å²) in [6, 6.07) is 9.74. The molecule has 1 heterocycles. The van der Waals surface area contributed by atoms with Crippen molar-refractivity contribution >= 4 is 42.7 Å². The van der Waals surface area contributed by atoms with Gasteiger partial charge in [0.15, 0.2) is 0 Å². The Hall–Kier alpha value is 1.10. The van der Waals surface area contributed by atoms with Gasteiger partial charge in [-0.05, 0) is 48.4 Å². The Morgan fingerprint density at radius 3 is 0.844 bits per heavy atom. The smallest absolute Gasteiger partial charge is 0.319 e. The predicted octanol–water partition coefficient (Wildman–Crippen LogP) is 9.83. The van der Waals surface area contributed by atoms with E-state index in [2.05, 4.69) is 66.1 Å². The van der Waals surface area contributed by atoms with Crippen LogP contribution in [0.5, 0.6) is 0 Å². The summed E-state index contributed by atoms with van der Waals surface area (Å²) in [7, 11) is -6.16. The summed E-state index contributed by atoms with van der Waals surface area (Å²) >= 11 is 0. The minimum absolute atomic E-state index is 1.16. The van der Waals surface area contributed by atoms with Gasteiger partial charge < -0.3 is 12.3 Å². The molecule has 0 atom stereocenters. The Kier molecular flexibility index (Phi) is 14.8. The lowest BCUT2D eigenvalue weighted by Crippen LogP contribution is -2.66. The summed E-state index contributed by atoms with van der Waals surface area (Å²) in [6.45, 7) is 18.8. The van der Waals surface area contributed by atoms with Crippen LogP contribution in [-0.2, 0) is 12.3 Å². The van der Waals surface area contributed by atoms with Gasteiger partial charge in [-0.2, -0.15) is 10.7 Å². The molecule has 0 N–H and O–H groups in total. The Labute approximate surface area is 209 Å². The van der Waals surface area contributed by atoms with Crippen molar-refractivity contribution in [3.63, 3.8) is 0 Å². The zero-order valence-electron chi connectivity index (χ0n) is 22.9. The first kappa shape index (κ1) is 31.1. The maximum Gasteiger partial charge on any atom is 0.319 e. The lowest BCUT2D eigenvalue weighted by atomic mass is 10.6. The molecular weight excluding hydrogens is 481 g/mol. The van der Waals surface area contributed by atoms with Gasteiger partial charge in [-0.25, -0.2) is 0 Å². The van der Waals surface area contributed by atoms with Crippen LogP contribution >= 0.6 is 10.7 Å². The van der Waals surface area contributed by atoms with E-state index in [1.807, 2.05) is 0 Å². The lowest BCUT2D eigenvalue weighted by molar-refractivity contribution is 0.297. The van der Waals surface area contributed by atoms with Gasteiger partial charge in [0, 0.05) is 0 Å². The molecule has 0 radical (unpaired) electrons. The third kappa shape index (κ3) is 8.64. The maximum atomic E-state index is 7.73. The third-order valence-electron chi connectivity index (χ3n) is 6.54. The summed E-state index contributed by atoms with van der Waals surface area (Å²) in [5, 5.41) is 0. The van der Waals surface area contributed by atoms with Crippen molar-refractivity contribution in [1.29, 1.82) is 0 Å². The van der Waals surface area contributed by atoms with Crippen molar-refractivity contribution < 1.29 is 12.3 Å². The molecule has 1 saturated heterocycles. The summed E-state index contributed by atoms with van der Waals surface area (Å²) in [6.07, 6.45) is 9.63. The fourth-order valence-electron chi connectivity index (χ4n) is 5.80. The third-order valence-corrected chi connectivity index (χ3v) is 39.2. The Bertz CT molecular complexity index is 382. The van der Waals surface area contributed by atoms with Crippen LogP contribution in [0.1, 0.15) is 107 Å². The highest BCUT2D eigenvalue weighted by molar-refractivity contribution is 8.49. The van der Waals surface area contributed by atoms with Gasteiger partial charge in [0.05, 0.1) is 0 Å². The number of rotatable bonds is 16. The second-order valence-electron chi connectivity index (χ2n) is 10.1. The molecular formula is C24H56O3SSi4. The Morgan fingerprint density at radius 2 is 0.625 bits per heavy atom. The number of hydrogen-bond acceptors (Lipinski definition) is 4. The van der Waals surface area contributed by atoms with E-state index in [1.165, 1.54) is 75.5 Å². The van der Waals surface area contributed by atoms with E-state index < -0.39 is 32.1 Å². The van der Waals surface area contributed by atoms with Crippen LogP contribution in [-0.4, -0.2) is 32.1 Å².